The van der Waals surface area contributed by atoms with Gasteiger partial charge < -0.3 is 5.32 Å². The molecule has 0 rings (SSSR count). The minimum atomic E-state index is 0.770. The second-order valence-corrected chi connectivity index (χ2v) is 2.11. The van der Waals surface area contributed by atoms with E-state index < -0.39 is 0 Å². The molecule has 0 saturated carbocycles. The fourth-order valence-electron chi connectivity index (χ4n) is 0.433. The summed E-state index contributed by atoms with van der Waals surface area (Å²) in [4.78, 5) is 10.2. The van der Waals surface area contributed by atoms with E-state index in [0.29, 0.717) is 0 Å². The van der Waals surface area contributed by atoms with Crippen LogP contribution >= 0.6 is 0 Å². The maximum atomic E-state index is 10.2. The standard InChI is InChI=1S/C8H13NO.C2H6/c1-7(4-5-9-3)8(2)6-10;1-2/h4-6,9H,1-3H3;1-2H3/b5-4-,8-7-;. The topological polar surface area (TPSA) is 29.1 Å². The Labute approximate surface area is 75.4 Å². The molecule has 0 atom stereocenters. The zero-order chi connectivity index (χ0) is 9.98. The summed E-state index contributed by atoms with van der Waals surface area (Å²) in [6.45, 7) is 7.69. The monoisotopic (exact) mass is 169 g/mol. The quantitative estimate of drug-likeness (QED) is 0.399. The first-order valence-electron chi connectivity index (χ1n) is 4.19. The van der Waals surface area contributed by atoms with E-state index >= 15 is 0 Å². The molecule has 12 heavy (non-hydrogen) atoms. The van der Waals surface area contributed by atoms with Crippen molar-refractivity contribution in [2.45, 2.75) is 27.7 Å². The third-order valence-corrected chi connectivity index (χ3v) is 1.30. The summed E-state index contributed by atoms with van der Waals surface area (Å²) < 4.78 is 0. The van der Waals surface area contributed by atoms with E-state index in [1.54, 1.807) is 13.1 Å². The van der Waals surface area contributed by atoms with Gasteiger partial charge in [0.05, 0.1) is 0 Å². The van der Waals surface area contributed by atoms with E-state index in [1.807, 2.05) is 33.9 Å². The van der Waals surface area contributed by atoms with Gasteiger partial charge in [0.1, 0.15) is 6.29 Å². The second kappa shape index (κ2) is 9.95. The molecule has 0 unspecified atom stereocenters. The van der Waals surface area contributed by atoms with Gasteiger partial charge in [-0.05, 0) is 37.3 Å². The Morgan fingerprint density at radius 3 is 2.00 bits per heavy atom. The predicted molar refractivity (Wildman–Crippen MR) is 54.0 cm³/mol. The normalized spacial score (nSPS) is 11.4. The highest BCUT2D eigenvalue weighted by atomic mass is 16.1. The Morgan fingerprint density at radius 2 is 1.67 bits per heavy atom. The molecule has 0 aromatic carbocycles. The van der Waals surface area contributed by atoms with E-state index in [2.05, 4.69) is 5.32 Å². The first-order valence-corrected chi connectivity index (χ1v) is 4.19. The summed E-state index contributed by atoms with van der Waals surface area (Å²) in [6, 6.07) is 0. The number of allylic oxidation sites excluding steroid dienone is 3. The molecule has 0 radical (unpaired) electrons. The van der Waals surface area contributed by atoms with Gasteiger partial charge in [-0.2, -0.15) is 0 Å². The van der Waals surface area contributed by atoms with Crippen molar-refractivity contribution < 1.29 is 4.79 Å². The molecule has 0 fully saturated rings. The molecule has 0 bridgehead atoms. The molecule has 0 saturated heterocycles. The first-order chi connectivity index (χ1) is 5.72. The molecule has 0 aromatic rings. The highest BCUT2D eigenvalue weighted by molar-refractivity contribution is 5.74. The lowest BCUT2D eigenvalue weighted by atomic mass is 10.2. The molecule has 0 aromatic heterocycles. The lowest BCUT2D eigenvalue weighted by Crippen LogP contribution is -1.92. The molecule has 0 aliphatic rings. The van der Waals surface area contributed by atoms with Gasteiger partial charge in [0.25, 0.3) is 0 Å². The maximum absolute atomic E-state index is 10.2. The predicted octanol–water partition coefficient (Wildman–Crippen LogP) is 2.28. The van der Waals surface area contributed by atoms with Gasteiger partial charge in [-0.1, -0.05) is 13.8 Å². The molecule has 2 heteroatoms. The van der Waals surface area contributed by atoms with Crippen LogP contribution in [0, 0.1) is 0 Å². The molecular weight excluding hydrogens is 150 g/mol. The maximum Gasteiger partial charge on any atom is 0.146 e. The van der Waals surface area contributed by atoms with Crippen LogP contribution in [0.2, 0.25) is 0 Å². The minimum Gasteiger partial charge on any atom is -0.394 e. The Balaban J connectivity index is 0. The Kier molecular flexibility index (Phi) is 11.2. The summed E-state index contributed by atoms with van der Waals surface area (Å²) in [5.74, 6) is 0. The second-order valence-electron chi connectivity index (χ2n) is 2.11. The van der Waals surface area contributed by atoms with Crippen molar-refractivity contribution in [3.63, 3.8) is 0 Å². The number of hydrogen-bond acceptors (Lipinski definition) is 2. The molecule has 0 heterocycles. The van der Waals surface area contributed by atoms with Crippen LogP contribution in [-0.2, 0) is 4.79 Å². The van der Waals surface area contributed by atoms with E-state index in [9.17, 15) is 4.79 Å². The number of rotatable bonds is 3. The van der Waals surface area contributed by atoms with Gasteiger partial charge in [-0.15, -0.1) is 0 Å². The number of nitrogens with one attached hydrogen (secondary N) is 1. The minimum absolute atomic E-state index is 0.770. The van der Waals surface area contributed by atoms with Crippen LogP contribution in [0.4, 0.5) is 0 Å². The molecule has 0 aliphatic carbocycles. The van der Waals surface area contributed by atoms with Crippen molar-refractivity contribution in [2.75, 3.05) is 7.05 Å². The summed E-state index contributed by atoms with van der Waals surface area (Å²) in [6.07, 6.45) is 4.52. The highest BCUT2D eigenvalue weighted by Crippen LogP contribution is 2.00. The van der Waals surface area contributed by atoms with Crippen LogP contribution in [-0.4, -0.2) is 13.3 Å². The first kappa shape index (κ1) is 13.5. The number of hydrogen-bond donors (Lipinski definition) is 1. The lowest BCUT2D eigenvalue weighted by Gasteiger charge is -1.92. The van der Waals surface area contributed by atoms with E-state index in [1.165, 1.54) is 0 Å². The van der Waals surface area contributed by atoms with Crippen LogP contribution < -0.4 is 5.32 Å². The van der Waals surface area contributed by atoms with Crippen molar-refractivity contribution >= 4 is 6.29 Å². The third kappa shape index (κ3) is 7.06. The van der Waals surface area contributed by atoms with Gasteiger partial charge >= 0.3 is 0 Å². The summed E-state index contributed by atoms with van der Waals surface area (Å²) in [7, 11) is 1.82. The fraction of sp³-hybridized carbons (Fsp3) is 0.500. The largest absolute Gasteiger partial charge is 0.394 e. The molecular formula is C10H19NO. The molecule has 0 amide bonds. The number of carbonyl (C=O) groups is 1. The summed E-state index contributed by atoms with van der Waals surface area (Å²) in [5, 5.41) is 2.85. The Hall–Kier alpha value is -1.05. The molecule has 0 spiro atoms. The Bertz CT molecular complexity index is 169. The summed E-state index contributed by atoms with van der Waals surface area (Å²) >= 11 is 0. The molecule has 70 valence electrons. The smallest absolute Gasteiger partial charge is 0.146 e. The zero-order valence-corrected chi connectivity index (χ0v) is 8.64. The van der Waals surface area contributed by atoms with Gasteiger partial charge in [0, 0.05) is 7.05 Å². The van der Waals surface area contributed by atoms with Gasteiger partial charge in [0.2, 0.25) is 0 Å². The van der Waals surface area contributed by atoms with Crippen LogP contribution in [0.3, 0.4) is 0 Å². The average Bonchev–Trinajstić information content (AvgIpc) is 2.16. The molecule has 1 N–H and O–H groups in total. The van der Waals surface area contributed by atoms with E-state index in [-0.39, 0.29) is 0 Å². The van der Waals surface area contributed by atoms with Crippen molar-refractivity contribution in [1.82, 2.24) is 5.32 Å². The lowest BCUT2D eigenvalue weighted by molar-refractivity contribution is -0.104. The van der Waals surface area contributed by atoms with Gasteiger partial charge in [0.15, 0.2) is 0 Å². The highest BCUT2D eigenvalue weighted by Gasteiger charge is 1.87. The van der Waals surface area contributed by atoms with Crippen LogP contribution in [0.1, 0.15) is 27.7 Å². The van der Waals surface area contributed by atoms with Crippen molar-refractivity contribution in [2.24, 2.45) is 0 Å². The molecule has 0 aliphatic heterocycles. The average molecular weight is 169 g/mol. The van der Waals surface area contributed by atoms with Crippen molar-refractivity contribution in [3.8, 4) is 0 Å². The zero-order valence-electron chi connectivity index (χ0n) is 8.64. The Morgan fingerprint density at radius 1 is 1.17 bits per heavy atom. The van der Waals surface area contributed by atoms with Crippen molar-refractivity contribution in [1.29, 1.82) is 0 Å². The molecule has 2 nitrogen and oxygen atoms in total. The van der Waals surface area contributed by atoms with Crippen LogP contribution in [0.25, 0.3) is 0 Å². The third-order valence-electron chi connectivity index (χ3n) is 1.30. The van der Waals surface area contributed by atoms with Crippen LogP contribution in [0.15, 0.2) is 23.4 Å². The number of aldehydes is 1. The van der Waals surface area contributed by atoms with Gasteiger partial charge in [-0.25, -0.2) is 0 Å². The van der Waals surface area contributed by atoms with Crippen LogP contribution in [0.5, 0.6) is 0 Å². The number of carbonyl (C=O) groups excluding carboxylic acids is 1. The van der Waals surface area contributed by atoms with Crippen molar-refractivity contribution in [3.05, 3.63) is 23.4 Å². The van der Waals surface area contributed by atoms with E-state index in [0.717, 1.165) is 17.4 Å². The SMILES string of the molecule is CC.CN/C=C\C(C)=C(\C)C=O. The summed E-state index contributed by atoms with van der Waals surface area (Å²) in [5.41, 5.74) is 1.76. The van der Waals surface area contributed by atoms with E-state index in [4.69, 9.17) is 0 Å². The fourth-order valence-corrected chi connectivity index (χ4v) is 0.433. The van der Waals surface area contributed by atoms with Gasteiger partial charge in [-0.3, -0.25) is 4.79 Å².